The van der Waals surface area contributed by atoms with Gasteiger partial charge in [-0.2, -0.15) is 0 Å². The number of ether oxygens (including phenoxy) is 1. The SMILES string of the molecule is COc1ccc(C)cc1CC(N)Cc1cccs1. The van der Waals surface area contributed by atoms with Crippen molar-refractivity contribution in [3.05, 3.63) is 51.7 Å². The summed E-state index contributed by atoms with van der Waals surface area (Å²) in [5.74, 6) is 0.933. The Hall–Kier alpha value is -1.32. The Morgan fingerprint density at radius 3 is 2.78 bits per heavy atom. The maximum absolute atomic E-state index is 6.22. The highest BCUT2D eigenvalue weighted by molar-refractivity contribution is 7.09. The van der Waals surface area contributed by atoms with Gasteiger partial charge in [-0.05, 0) is 42.8 Å². The molecule has 0 bridgehead atoms. The molecule has 1 atom stereocenters. The minimum absolute atomic E-state index is 0.138. The van der Waals surface area contributed by atoms with Gasteiger partial charge in [-0.15, -0.1) is 11.3 Å². The van der Waals surface area contributed by atoms with Crippen molar-refractivity contribution >= 4 is 11.3 Å². The highest BCUT2D eigenvalue weighted by Crippen LogP contribution is 2.22. The first-order valence-corrected chi connectivity index (χ1v) is 6.98. The van der Waals surface area contributed by atoms with E-state index in [1.165, 1.54) is 16.0 Å². The minimum Gasteiger partial charge on any atom is -0.496 e. The predicted molar refractivity (Wildman–Crippen MR) is 77.4 cm³/mol. The van der Waals surface area contributed by atoms with E-state index in [0.29, 0.717) is 0 Å². The summed E-state index contributed by atoms with van der Waals surface area (Å²) in [7, 11) is 1.71. The van der Waals surface area contributed by atoms with Crippen molar-refractivity contribution in [3.63, 3.8) is 0 Å². The highest BCUT2D eigenvalue weighted by Gasteiger charge is 2.10. The first-order valence-electron chi connectivity index (χ1n) is 6.10. The van der Waals surface area contributed by atoms with Crippen LogP contribution in [0.1, 0.15) is 16.0 Å². The van der Waals surface area contributed by atoms with Crippen molar-refractivity contribution in [1.82, 2.24) is 0 Å². The molecule has 2 N–H and O–H groups in total. The van der Waals surface area contributed by atoms with Crippen molar-refractivity contribution in [2.45, 2.75) is 25.8 Å². The van der Waals surface area contributed by atoms with Gasteiger partial charge in [0.15, 0.2) is 0 Å². The molecule has 0 aliphatic carbocycles. The smallest absolute Gasteiger partial charge is 0.122 e. The van der Waals surface area contributed by atoms with Gasteiger partial charge in [0.05, 0.1) is 7.11 Å². The van der Waals surface area contributed by atoms with Gasteiger partial charge >= 0.3 is 0 Å². The van der Waals surface area contributed by atoms with Crippen LogP contribution in [0, 0.1) is 6.92 Å². The highest BCUT2D eigenvalue weighted by atomic mass is 32.1. The molecule has 2 nitrogen and oxygen atoms in total. The number of thiophene rings is 1. The zero-order chi connectivity index (χ0) is 13.0. The Morgan fingerprint density at radius 1 is 1.28 bits per heavy atom. The third kappa shape index (κ3) is 3.34. The predicted octanol–water partition coefficient (Wildman–Crippen LogP) is 3.18. The third-order valence-electron chi connectivity index (χ3n) is 2.96. The Balaban J connectivity index is 2.06. The fraction of sp³-hybridized carbons (Fsp3) is 0.333. The van der Waals surface area contributed by atoms with Crippen LogP contribution in [0.15, 0.2) is 35.7 Å². The minimum atomic E-state index is 0.138. The van der Waals surface area contributed by atoms with Crippen LogP contribution in [0.4, 0.5) is 0 Å². The first-order chi connectivity index (χ1) is 8.69. The van der Waals surface area contributed by atoms with Crippen molar-refractivity contribution in [2.75, 3.05) is 7.11 Å². The first kappa shape index (κ1) is 13.1. The summed E-state index contributed by atoms with van der Waals surface area (Å²) in [5.41, 5.74) is 8.66. The van der Waals surface area contributed by atoms with Crippen LogP contribution in [0.5, 0.6) is 5.75 Å². The van der Waals surface area contributed by atoms with Crippen LogP contribution in [0.25, 0.3) is 0 Å². The van der Waals surface area contributed by atoms with Crippen LogP contribution in [0.3, 0.4) is 0 Å². The maximum Gasteiger partial charge on any atom is 0.122 e. The molecule has 0 aliphatic rings. The van der Waals surface area contributed by atoms with Crippen molar-refractivity contribution < 1.29 is 4.74 Å². The molecule has 0 amide bonds. The van der Waals surface area contributed by atoms with Gasteiger partial charge in [0.1, 0.15) is 5.75 Å². The normalized spacial score (nSPS) is 12.4. The molecule has 0 aliphatic heterocycles. The zero-order valence-electron chi connectivity index (χ0n) is 10.8. The number of methoxy groups -OCH3 is 1. The Bertz CT molecular complexity index is 493. The number of aryl methyl sites for hydroxylation is 1. The lowest BCUT2D eigenvalue weighted by Gasteiger charge is -2.14. The van der Waals surface area contributed by atoms with Gasteiger partial charge in [-0.3, -0.25) is 0 Å². The van der Waals surface area contributed by atoms with Crippen LogP contribution in [0.2, 0.25) is 0 Å². The van der Waals surface area contributed by atoms with Crippen LogP contribution in [-0.4, -0.2) is 13.2 Å². The maximum atomic E-state index is 6.22. The molecule has 1 unspecified atom stereocenters. The molecular formula is C15H19NOS. The average Bonchev–Trinajstić information content (AvgIpc) is 2.82. The molecular weight excluding hydrogens is 242 g/mol. The number of hydrogen-bond donors (Lipinski definition) is 1. The molecule has 3 heteroatoms. The monoisotopic (exact) mass is 261 g/mol. The largest absolute Gasteiger partial charge is 0.496 e. The molecule has 18 heavy (non-hydrogen) atoms. The van der Waals surface area contributed by atoms with E-state index < -0.39 is 0 Å². The molecule has 1 aromatic carbocycles. The van der Waals surface area contributed by atoms with Crippen LogP contribution in [-0.2, 0) is 12.8 Å². The van der Waals surface area contributed by atoms with E-state index in [4.69, 9.17) is 10.5 Å². The fourth-order valence-electron chi connectivity index (χ4n) is 2.11. The second-order valence-corrected chi connectivity index (χ2v) is 5.60. The lowest BCUT2D eigenvalue weighted by atomic mass is 10.0. The number of nitrogens with two attached hydrogens (primary N) is 1. The van der Waals surface area contributed by atoms with E-state index in [-0.39, 0.29) is 6.04 Å². The summed E-state index contributed by atoms with van der Waals surface area (Å²) in [5, 5.41) is 2.09. The van der Waals surface area contributed by atoms with Gasteiger partial charge in [0.2, 0.25) is 0 Å². The van der Waals surface area contributed by atoms with Gasteiger partial charge in [-0.1, -0.05) is 23.8 Å². The Kier molecular flexibility index (Phi) is 4.39. The summed E-state index contributed by atoms with van der Waals surface area (Å²) in [6.45, 7) is 2.09. The molecule has 2 aromatic rings. The average molecular weight is 261 g/mol. The summed E-state index contributed by atoms with van der Waals surface area (Å²) in [4.78, 5) is 1.34. The van der Waals surface area contributed by atoms with Crippen molar-refractivity contribution in [1.29, 1.82) is 0 Å². The van der Waals surface area contributed by atoms with Crippen molar-refractivity contribution in [2.24, 2.45) is 5.73 Å². The molecule has 2 rings (SSSR count). The molecule has 0 saturated heterocycles. The molecule has 0 fully saturated rings. The summed E-state index contributed by atoms with van der Waals surface area (Å²) >= 11 is 1.76. The zero-order valence-corrected chi connectivity index (χ0v) is 11.7. The van der Waals surface area contributed by atoms with E-state index in [1.807, 2.05) is 6.07 Å². The lowest BCUT2D eigenvalue weighted by molar-refractivity contribution is 0.407. The number of benzene rings is 1. The summed E-state index contributed by atoms with van der Waals surface area (Å²) < 4.78 is 5.38. The molecule has 0 spiro atoms. The molecule has 96 valence electrons. The summed E-state index contributed by atoms with van der Waals surface area (Å²) in [6, 6.07) is 10.6. The molecule has 1 aromatic heterocycles. The Morgan fingerprint density at radius 2 is 2.11 bits per heavy atom. The van der Waals surface area contributed by atoms with E-state index in [0.717, 1.165) is 18.6 Å². The lowest BCUT2D eigenvalue weighted by Crippen LogP contribution is -2.25. The molecule has 0 radical (unpaired) electrons. The molecule has 1 heterocycles. The van der Waals surface area contributed by atoms with Gasteiger partial charge < -0.3 is 10.5 Å². The van der Waals surface area contributed by atoms with E-state index in [2.05, 4.69) is 36.6 Å². The van der Waals surface area contributed by atoms with E-state index >= 15 is 0 Å². The second kappa shape index (κ2) is 6.03. The van der Waals surface area contributed by atoms with E-state index in [9.17, 15) is 0 Å². The van der Waals surface area contributed by atoms with Crippen LogP contribution >= 0.6 is 11.3 Å². The fourth-order valence-corrected chi connectivity index (χ4v) is 2.91. The quantitative estimate of drug-likeness (QED) is 0.897. The number of hydrogen-bond acceptors (Lipinski definition) is 3. The van der Waals surface area contributed by atoms with E-state index in [1.54, 1.807) is 18.4 Å². The Labute approximate surface area is 112 Å². The second-order valence-electron chi connectivity index (χ2n) is 4.56. The van der Waals surface area contributed by atoms with Crippen LogP contribution < -0.4 is 10.5 Å². The standard InChI is InChI=1S/C15H19NOS/c1-11-5-6-15(17-2)12(8-11)9-13(16)10-14-4-3-7-18-14/h3-8,13H,9-10,16H2,1-2H3. The van der Waals surface area contributed by atoms with Gasteiger partial charge in [0, 0.05) is 10.9 Å². The van der Waals surface area contributed by atoms with Crippen molar-refractivity contribution in [3.8, 4) is 5.75 Å². The van der Waals surface area contributed by atoms with Gasteiger partial charge in [-0.25, -0.2) is 0 Å². The topological polar surface area (TPSA) is 35.2 Å². The van der Waals surface area contributed by atoms with Gasteiger partial charge in [0.25, 0.3) is 0 Å². The third-order valence-corrected chi connectivity index (χ3v) is 3.86. The molecule has 0 saturated carbocycles. The number of rotatable bonds is 5. The summed E-state index contributed by atoms with van der Waals surface area (Å²) in [6.07, 6.45) is 1.78.